The molecule has 0 saturated carbocycles. The van der Waals surface area contributed by atoms with Crippen LogP contribution in [0, 0.1) is 0 Å². The molecule has 18 heavy (non-hydrogen) atoms. The Morgan fingerprint density at radius 3 is 2.83 bits per heavy atom. The standard InChI is InChI=1S/C10H17N3O4S/c1-18(14,15)7-9-12-10(17-13-9)6-16-8-2-4-11-5-3-8/h8,11H,2-7H2,1H3. The Bertz CT molecular complexity index is 479. The summed E-state index contributed by atoms with van der Waals surface area (Å²) in [6, 6.07) is 0. The van der Waals surface area contributed by atoms with Gasteiger partial charge < -0.3 is 14.6 Å². The van der Waals surface area contributed by atoms with Gasteiger partial charge in [0.15, 0.2) is 15.7 Å². The van der Waals surface area contributed by atoms with Crippen molar-refractivity contribution in [1.29, 1.82) is 0 Å². The fourth-order valence-corrected chi connectivity index (χ4v) is 2.38. The molecule has 1 aliphatic rings. The fourth-order valence-electron chi connectivity index (χ4n) is 1.79. The number of aromatic nitrogens is 2. The van der Waals surface area contributed by atoms with Crippen LogP contribution in [0.5, 0.6) is 0 Å². The third-order valence-electron chi connectivity index (χ3n) is 2.63. The predicted octanol–water partition coefficient (Wildman–Crippen LogP) is -0.117. The van der Waals surface area contributed by atoms with Gasteiger partial charge in [0.25, 0.3) is 5.89 Å². The number of rotatable bonds is 5. The van der Waals surface area contributed by atoms with Gasteiger partial charge in [0.05, 0.1) is 6.10 Å². The van der Waals surface area contributed by atoms with E-state index < -0.39 is 9.84 Å². The van der Waals surface area contributed by atoms with Gasteiger partial charge in [-0.05, 0) is 25.9 Å². The van der Waals surface area contributed by atoms with Crippen molar-refractivity contribution in [1.82, 2.24) is 15.5 Å². The summed E-state index contributed by atoms with van der Waals surface area (Å²) in [5.41, 5.74) is 0. The predicted molar refractivity (Wildman–Crippen MR) is 63.5 cm³/mol. The maximum Gasteiger partial charge on any atom is 0.252 e. The van der Waals surface area contributed by atoms with Gasteiger partial charge in [0.2, 0.25) is 0 Å². The van der Waals surface area contributed by atoms with Crippen LogP contribution >= 0.6 is 0 Å². The molecular formula is C10H17N3O4S. The first-order valence-electron chi connectivity index (χ1n) is 5.84. The highest BCUT2D eigenvalue weighted by molar-refractivity contribution is 7.89. The Kier molecular flexibility index (Phi) is 4.31. The van der Waals surface area contributed by atoms with E-state index >= 15 is 0 Å². The van der Waals surface area contributed by atoms with E-state index in [2.05, 4.69) is 15.5 Å². The average molecular weight is 275 g/mol. The maximum atomic E-state index is 11.1. The summed E-state index contributed by atoms with van der Waals surface area (Å²) in [7, 11) is -3.13. The largest absolute Gasteiger partial charge is 0.368 e. The highest BCUT2D eigenvalue weighted by atomic mass is 32.2. The molecular weight excluding hydrogens is 258 g/mol. The van der Waals surface area contributed by atoms with E-state index in [9.17, 15) is 8.42 Å². The van der Waals surface area contributed by atoms with Crippen LogP contribution in [0.15, 0.2) is 4.52 Å². The third kappa shape index (κ3) is 4.35. The van der Waals surface area contributed by atoms with Crippen molar-refractivity contribution in [2.45, 2.75) is 31.3 Å². The molecule has 1 aromatic rings. The van der Waals surface area contributed by atoms with Crippen molar-refractivity contribution in [3.05, 3.63) is 11.7 Å². The molecule has 2 rings (SSSR count). The molecule has 1 aromatic heterocycles. The Morgan fingerprint density at radius 2 is 2.17 bits per heavy atom. The van der Waals surface area contributed by atoms with Crippen LogP contribution in [0.2, 0.25) is 0 Å². The van der Waals surface area contributed by atoms with Gasteiger partial charge in [-0.15, -0.1) is 0 Å². The minimum Gasteiger partial charge on any atom is -0.368 e. The molecule has 0 bridgehead atoms. The molecule has 1 N–H and O–H groups in total. The topological polar surface area (TPSA) is 94.3 Å². The second-order valence-corrected chi connectivity index (χ2v) is 6.57. The van der Waals surface area contributed by atoms with E-state index in [0.29, 0.717) is 5.89 Å². The van der Waals surface area contributed by atoms with Crippen LogP contribution in [0.25, 0.3) is 0 Å². The molecule has 0 radical (unpaired) electrons. The Morgan fingerprint density at radius 1 is 1.44 bits per heavy atom. The number of nitrogens with one attached hydrogen (secondary N) is 1. The lowest BCUT2D eigenvalue weighted by molar-refractivity contribution is 0.00859. The lowest BCUT2D eigenvalue weighted by Crippen LogP contribution is -2.32. The number of hydrogen-bond donors (Lipinski definition) is 1. The van der Waals surface area contributed by atoms with Crippen LogP contribution in [0.4, 0.5) is 0 Å². The summed E-state index contributed by atoms with van der Waals surface area (Å²) < 4.78 is 32.7. The smallest absolute Gasteiger partial charge is 0.252 e. The zero-order valence-corrected chi connectivity index (χ0v) is 11.1. The minimum absolute atomic E-state index is 0.182. The number of piperidine rings is 1. The van der Waals surface area contributed by atoms with Crippen molar-refractivity contribution >= 4 is 9.84 Å². The highest BCUT2D eigenvalue weighted by Gasteiger charge is 2.16. The SMILES string of the molecule is CS(=O)(=O)Cc1noc(COC2CCNCC2)n1. The summed E-state index contributed by atoms with van der Waals surface area (Å²) >= 11 is 0. The number of nitrogens with zero attached hydrogens (tertiary/aromatic N) is 2. The van der Waals surface area contributed by atoms with Crippen molar-refractivity contribution in [3.8, 4) is 0 Å². The molecule has 2 heterocycles. The summed E-state index contributed by atoms with van der Waals surface area (Å²) in [4.78, 5) is 3.98. The molecule has 0 aromatic carbocycles. The van der Waals surface area contributed by atoms with Gasteiger partial charge in [-0.2, -0.15) is 4.98 Å². The van der Waals surface area contributed by atoms with E-state index in [0.717, 1.165) is 32.2 Å². The summed E-state index contributed by atoms with van der Waals surface area (Å²) in [6.07, 6.45) is 3.26. The van der Waals surface area contributed by atoms with Gasteiger partial charge >= 0.3 is 0 Å². The lowest BCUT2D eigenvalue weighted by atomic mass is 10.1. The van der Waals surface area contributed by atoms with E-state index in [1.54, 1.807) is 0 Å². The van der Waals surface area contributed by atoms with E-state index in [1.807, 2.05) is 0 Å². The molecule has 8 heteroatoms. The van der Waals surface area contributed by atoms with Gasteiger partial charge in [-0.25, -0.2) is 8.42 Å². The molecule has 0 atom stereocenters. The van der Waals surface area contributed by atoms with Crippen LogP contribution in [0.1, 0.15) is 24.6 Å². The van der Waals surface area contributed by atoms with Crippen molar-refractivity contribution in [2.24, 2.45) is 0 Å². The highest BCUT2D eigenvalue weighted by Crippen LogP contribution is 2.10. The molecule has 1 aliphatic heterocycles. The lowest BCUT2D eigenvalue weighted by Gasteiger charge is -2.21. The number of ether oxygens (including phenoxy) is 1. The zero-order chi connectivity index (χ0) is 13.0. The van der Waals surface area contributed by atoms with Gasteiger partial charge in [0.1, 0.15) is 12.4 Å². The Balaban J connectivity index is 1.82. The number of sulfone groups is 1. The van der Waals surface area contributed by atoms with E-state index in [1.165, 1.54) is 0 Å². The molecule has 102 valence electrons. The average Bonchev–Trinajstić information content (AvgIpc) is 2.73. The first kappa shape index (κ1) is 13.4. The Hall–Kier alpha value is -0.990. The normalized spacial score (nSPS) is 18.1. The zero-order valence-electron chi connectivity index (χ0n) is 10.3. The van der Waals surface area contributed by atoms with Gasteiger partial charge in [-0.3, -0.25) is 0 Å². The first-order chi connectivity index (χ1) is 8.53. The van der Waals surface area contributed by atoms with Crippen LogP contribution in [-0.4, -0.2) is 44.0 Å². The molecule has 1 fully saturated rings. The van der Waals surface area contributed by atoms with Crippen LogP contribution in [-0.2, 0) is 26.9 Å². The summed E-state index contributed by atoms with van der Waals surface area (Å²) in [5, 5.41) is 6.85. The van der Waals surface area contributed by atoms with E-state index in [-0.39, 0.29) is 24.3 Å². The van der Waals surface area contributed by atoms with Crippen LogP contribution in [0.3, 0.4) is 0 Å². The minimum atomic E-state index is -3.13. The Labute approximate surface area is 106 Å². The van der Waals surface area contributed by atoms with E-state index in [4.69, 9.17) is 9.26 Å². The van der Waals surface area contributed by atoms with Crippen molar-refractivity contribution in [2.75, 3.05) is 19.3 Å². The quantitative estimate of drug-likeness (QED) is 0.800. The van der Waals surface area contributed by atoms with Gasteiger partial charge in [-0.1, -0.05) is 5.16 Å². The van der Waals surface area contributed by atoms with Gasteiger partial charge in [0, 0.05) is 6.26 Å². The molecule has 1 saturated heterocycles. The van der Waals surface area contributed by atoms with Crippen LogP contribution < -0.4 is 5.32 Å². The maximum absolute atomic E-state index is 11.1. The summed E-state index contributed by atoms with van der Waals surface area (Å²) in [6.45, 7) is 2.14. The van der Waals surface area contributed by atoms with Crippen molar-refractivity contribution in [3.63, 3.8) is 0 Å². The molecule has 7 nitrogen and oxygen atoms in total. The molecule has 0 aliphatic carbocycles. The molecule has 0 spiro atoms. The second kappa shape index (κ2) is 5.77. The monoisotopic (exact) mass is 275 g/mol. The summed E-state index contributed by atoms with van der Waals surface area (Å²) in [5.74, 6) is 0.303. The fraction of sp³-hybridized carbons (Fsp3) is 0.800. The third-order valence-corrected chi connectivity index (χ3v) is 3.41. The second-order valence-electron chi connectivity index (χ2n) is 4.43. The molecule has 0 unspecified atom stereocenters. The molecule has 0 amide bonds. The van der Waals surface area contributed by atoms with Crippen molar-refractivity contribution < 1.29 is 17.7 Å². The number of hydrogen-bond acceptors (Lipinski definition) is 7. The first-order valence-corrected chi connectivity index (χ1v) is 7.90.